The Hall–Kier alpha value is -1.91. The van der Waals surface area contributed by atoms with Crippen LogP contribution in [0.4, 0.5) is 5.69 Å². The zero-order valence-corrected chi connectivity index (χ0v) is 6.97. The van der Waals surface area contributed by atoms with E-state index < -0.39 is 0 Å². The van der Waals surface area contributed by atoms with Gasteiger partial charge in [-0.2, -0.15) is 0 Å². The molecule has 0 amide bonds. The molecule has 5 heteroatoms. The molecular formula is C8H11N3O2. The first-order valence-corrected chi connectivity index (χ1v) is 3.67. The Morgan fingerprint density at radius 2 is 2.15 bits per heavy atom. The maximum atomic E-state index is 8.23. The second-order valence-corrected chi connectivity index (χ2v) is 2.42. The van der Waals surface area contributed by atoms with E-state index in [2.05, 4.69) is 5.16 Å². The minimum Gasteiger partial charge on any atom is -0.483 e. The number of anilines is 1. The Kier molecular flexibility index (Phi) is 2.97. The van der Waals surface area contributed by atoms with Crippen molar-refractivity contribution >= 4 is 11.5 Å². The van der Waals surface area contributed by atoms with E-state index in [0.29, 0.717) is 11.4 Å². The lowest BCUT2D eigenvalue weighted by atomic mass is 10.3. The number of amidine groups is 1. The lowest BCUT2D eigenvalue weighted by Gasteiger charge is -2.06. The molecule has 0 saturated heterocycles. The van der Waals surface area contributed by atoms with Gasteiger partial charge in [-0.15, -0.1) is 0 Å². The van der Waals surface area contributed by atoms with Gasteiger partial charge in [0.15, 0.2) is 5.84 Å². The number of ether oxygens (including phenoxy) is 1. The highest BCUT2D eigenvalue weighted by Gasteiger charge is 1.99. The van der Waals surface area contributed by atoms with Crippen molar-refractivity contribution in [2.75, 3.05) is 12.3 Å². The fourth-order valence-electron chi connectivity index (χ4n) is 0.793. The number of nitrogens with zero attached hydrogens (tertiary/aromatic N) is 1. The monoisotopic (exact) mass is 181 g/mol. The highest BCUT2D eigenvalue weighted by Crippen LogP contribution is 2.19. The number of oxime groups is 1. The van der Waals surface area contributed by atoms with Crippen LogP contribution in [-0.2, 0) is 0 Å². The molecular weight excluding hydrogens is 170 g/mol. The predicted molar refractivity (Wildman–Crippen MR) is 49.8 cm³/mol. The first-order valence-electron chi connectivity index (χ1n) is 3.67. The van der Waals surface area contributed by atoms with E-state index in [4.69, 9.17) is 21.4 Å². The Morgan fingerprint density at radius 1 is 1.46 bits per heavy atom. The van der Waals surface area contributed by atoms with Crippen LogP contribution >= 0.6 is 0 Å². The van der Waals surface area contributed by atoms with Crippen molar-refractivity contribution in [1.29, 1.82) is 0 Å². The summed E-state index contributed by atoms with van der Waals surface area (Å²) in [7, 11) is 0. The molecule has 0 spiro atoms. The standard InChI is InChI=1S/C8H11N3O2/c9-6-3-1-2-4-7(6)13-5-8(10)11-12/h1-4,12H,5,9H2,(H2,10,11). The second-order valence-electron chi connectivity index (χ2n) is 2.42. The summed E-state index contributed by atoms with van der Waals surface area (Å²) in [5.41, 5.74) is 11.3. The Labute approximate surface area is 75.6 Å². The van der Waals surface area contributed by atoms with Gasteiger partial charge in [0.05, 0.1) is 5.69 Å². The first-order chi connectivity index (χ1) is 6.24. The lowest BCUT2D eigenvalue weighted by molar-refractivity contribution is 0.306. The maximum absolute atomic E-state index is 8.23. The van der Waals surface area contributed by atoms with Crippen LogP contribution in [0.2, 0.25) is 0 Å². The third kappa shape index (κ3) is 2.55. The zero-order valence-electron chi connectivity index (χ0n) is 6.97. The van der Waals surface area contributed by atoms with Gasteiger partial charge in [-0.25, -0.2) is 0 Å². The number of benzene rings is 1. The van der Waals surface area contributed by atoms with Gasteiger partial charge in [0.1, 0.15) is 12.4 Å². The van der Waals surface area contributed by atoms with Crippen LogP contribution in [0.1, 0.15) is 0 Å². The van der Waals surface area contributed by atoms with E-state index in [9.17, 15) is 0 Å². The summed E-state index contributed by atoms with van der Waals surface area (Å²) >= 11 is 0. The molecule has 0 saturated carbocycles. The SMILES string of the molecule is N/C(COc1ccccc1N)=N\O. The molecule has 1 aromatic rings. The Balaban J connectivity index is 2.60. The van der Waals surface area contributed by atoms with Crippen molar-refractivity contribution < 1.29 is 9.94 Å². The molecule has 0 aliphatic rings. The summed E-state index contributed by atoms with van der Waals surface area (Å²) in [4.78, 5) is 0. The van der Waals surface area contributed by atoms with Crippen LogP contribution in [0.3, 0.4) is 0 Å². The van der Waals surface area contributed by atoms with Crippen LogP contribution in [0.25, 0.3) is 0 Å². The molecule has 1 aromatic carbocycles. The van der Waals surface area contributed by atoms with Crippen molar-refractivity contribution in [1.82, 2.24) is 0 Å². The van der Waals surface area contributed by atoms with Gasteiger partial charge in [-0.05, 0) is 12.1 Å². The molecule has 0 heterocycles. The second kappa shape index (κ2) is 4.20. The largest absolute Gasteiger partial charge is 0.483 e. The number of nitrogens with two attached hydrogens (primary N) is 2. The smallest absolute Gasteiger partial charge is 0.177 e. The number of nitrogen functional groups attached to an aromatic ring is 1. The topological polar surface area (TPSA) is 93.9 Å². The van der Waals surface area contributed by atoms with Gasteiger partial charge in [-0.1, -0.05) is 17.3 Å². The molecule has 0 radical (unpaired) electrons. The number of para-hydroxylation sites is 2. The molecule has 70 valence electrons. The summed E-state index contributed by atoms with van der Waals surface area (Å²) in [6, 6.07) is 7.01. The molecule has 0 aromatic heterocycles. The van der Waals surface area contributed by atoms with Crippen LogP contribution in [0, 0.1) is 0 Å². The quantitative estimate of drug-likeness (QED) is 0.207. The van der Waals surface area contributed by atoms with Gasteiger partial charge >= 0.3 is 0 Å². The summed E-state index contributed by atoms with van der Waals surface area (Å²) in [5, 5.41) is 11.0. The summed E-state index contributed by atoms with van der Waals surface area (Å²) in [6.45, 7) is 0.0186. The van der Waals surface area contributed by atoms with Crippen LogP contribution in [-0.4, -0.2) is 17.6 Å². The minimum absolute atomic E-state index is 0.00301. The Morgan fingerprint density at radius 3 is 2.77 bits per heavy atom. The fraction of sp³-hybridized carbons (Fsp3) is 0.125. The van der Waals surface area contributed by atoms with Crippen LogP contribution in [0.15, 0.2) is 29.4 Å². The van der Waals surface area contributed by atoms with Crippen LogP contribution in [0.5, 0.6) is 5.75 Å². The number of hydrogen-bond acceptors (Lipinski definition) is 4. The molecule has 13 heavy (non-hydrogen) atoms. The summed E-state index contributed by atoms with van der Waals surface area (Å²) in [6.07, 6.45) is 0. The number of rotatable bonds is 3. The summed E-state index contributed by atoms with van der Waals surface area (Å²) < 4.78 is 5.15. The van der Waals surface area contributed by atoms with E-state index in [0.717, 1.165) is 0 Å². The predicted octanol–water partition coefficient (Wildman–Crippen LogP) is 0.394. The van der Waals surface area contributed by atoms with Crippen molar-refractivity contribution in [2.24, 2.45) is 10.9 Å². The number of hydrogen-bond donors (Lipinski definition) is 3. The van der Waals surface area contributed by atoms with Crippen molar-refractivity contribution in [2.45, 2.75) is 0 Å². The fourth-order valence-corrected chi connectivity index (χ4v) is 0.793. The van der Waals surface area contributed by atoms with Crippen LogP contribution < -0.4 is 16.2 Å². The van der Waals surface area contributed by atoms with Gasteiger partial charge in [0, 0.05) is 0 Å². The maximum Gasteiger partial charge on any atom is 0.177 e. The third-order valence-corrected chi connectivity index (χ3v) is 1.42. The molecule has 0 unspecified atom stereocenters. The zero-order chi connectivity index (χ0) is 9.68. The molecule has 5 nitrogen and oxygen atoms in total. The van der Waals surface area contributed by atoms with Gasteiger partial charge in [0.25, 0.3) is 0 Å². The summed E-state index contributed by atoms with van der Waals surface area (Å²) in [5.74, 6) is 0.525. The molecule has 5 N–H and O–H groups in total. The lowest BCUT2D eigenvalue weighted by Crippen LogP contribution is -2.21. The highest BCUT2D eigenvalue weighted by molar-refractivity contribution is 5.81. The van der Waals surface area contributed by atoms with E-state index in [1.54, 1.807) is 24.3 Å². The van der Waals surface area contributed by atoms with E-state index in [1.807, 2.05) is 0 Å². The van der Waals surface area contributed by atoms with Crippen molar-refractivity contribution in [3.8, 4) is 5.75 Å². The minimum atomic E-state index is 0.00301. The molecule has 0 fully saturated rings. The van der Waals surface area contributed by atoms with Crippen molar-refractivity contribution in [3.05, 3.63) is 24.3 Å². The van der Waals surface area contributed by atoms with Gasteiger partial charge in [-0.3, -0.25) is 0 Å². The third-order valence-electron chi connectivity index (χ3n) is 1.42. The molecule has 0 aliphatic carbocycles. The molecule has 0 atom stereocenters. The van der Waals surface area contributed by atoms with Gasteiger partial charge in [0.2, 0.25) is 0 Å². The van der Waals surface area contributed by atoms with Crippen molar-refractivity contribution in [3.63, 3.8) is 0 Å². The Bertz CT molecular complexity index is 312. The van der Waals surface area contributed by atoms with E-state index >= 15 is 0 Å². The average Bonchev–Trinajstić information content (AvgIpc) is 2.16. The molecule has 1 rings (SSSR count). The van der Waals surface area contributed by atoms with Gasteiger partial charge < -0.3 is 21.4 Å². The molecule has 0 aliphatic heterocycles. The molecule has 0 bridgehead atoms. The van der Waals surface area contributed by atoms with E-state index in [-0.39, 0.29) is 12.4 Å². The normalized spacial score (nSPS) is 11.2. The first kappa shape index (κ1) is 9.18. The average molecular weight is 181 g/mol. The highest BCUT2D eigenvalue weighted by atomic mass is 16.5. The van der Waals surface area contributed by atoms with E-state index in [1.165, 1.54) is 0 Å².